The normalized spacial score (nSPS) is 10.8. The highest BCUT2D eigenvalue weighted by Crippen LogP contribution is 2.09. The molecule has 2 nitrogen and oxygen atoms in total. The van der Waals surface area contributed by atoms with Crippen LogP contribution in [0.15, 0.2) is 24.5 Å². The highest BCUT2D eigenvalue weighted by molar-refractivity contribution is 7.80. The molecule has 0 saturated heterocycles. The van der Waals surface area contributed by atoms with Crippen LogP contribution in [0.4, 0.5) is 0 Å². The average Bonchev–Trinajstić information content (AvgIpc) is 2.05. The van der Waals surface area contributed by atoms with Gasteiger partial charge in [0.25, 0.3) is 0 Å². The Labute approximate surface area is 77.4 Å². The molecule has 1 aromatic heterocycles. The molecule has 64 valence electrons. The largest absolute Gasteiger partial charge is 0.506 e. The zero-order valence-electron chi connectivity index (χ0n) is 6.64. The van der Waals surface area contributed by atoms with Crippen LogP contribution < -0.4 is 0 Å². The lowest BCUT2D eigenvalue weighted by molar-refractivity contribution is 0.472. The molecule has 0 aliphatic rings. The quantitative estimate of drug-likeness (QED) is 0.700. The topological polar surface area (TPSA) is 33.1 Å². The zero-order valence-corrected chi connectivity index (χ0v) is 7.54. The van der Waals surface area contributed by atoms with E-state index in [0.717, 1.165) is 17.7 Å². The third-order valence-electron chi connectivity index (χ3n) is 1.35. The molecular weight excluding hydrogens is 170 g/mol. The van der Waals surface area contributed by atoms with E-state index in [0.29, 0.717) is 0 Å². The van der Waals surface area contributed by atoms with Gasteiger partial charge in [0.1, 0.15) is 5.75 Å². The summed E-state index contributed by atoms with van der Waals surface area (Å²) in [6, 6.07) is 1.67. The van der Waals surface area contributed by atoms with Crippen molar-refractivity contribution >= 4 is 18.7 Å². The summed E-state index contributed by atoms with van der Waals surface area (Å²) in [4.78, 5) is 3.84. The molecule has 12 heavy (non-hydrogen) atoms. The summed E-state index contributed by atoms with van der Waals surface area (Å²) < 4.78 is 0. The third-order valence-corrected chi connectivity index (χ3v) is 1.61. The van der Waals surface area contributed by atoms with Crippen molar-refractivity contribution in [2.45, 2.75) is 6.42 Å². The number of aromatic nitrogens is 1. The van der Waals surface area contributed by atoms with Gasteiger partial charge in [0.05, 0.1) is 6.20 Å². The van der Waals surface area contributed by atoms with Crippen LogP contribution in [-0.2, 0) is 0 Å². The van der Waals surface area contributed by atoms with E-state index in [1.807, 2.05) is 12.2 Å². The number of aromatic hydroxyl groups is 1. The molecule has 1 heterocycles. The Morgan fingerprint density at radius 1 is 1.50 bits per heavy atom. The van der Waals surface area contributed by atoms with Gasteiger partial charge in [-0.15, -0.1) is 0 Å². The predicted molar refractivity (Wildman–Crippen MR) is 53.4 cm³/mol. The molecule has 0 aromatic carbocycles. The minimum absolute atomic E-state index is 0.197. The van der Waals surface area contributed by atoms with E-state index in [2.05, 4.69) is 17.6 Å². The van der Waals surface area contributed by atoms with Crippen molar-refractivity contribution < 1.29 is 5.11 Å². The van der Waals surface area contributed by atoms with Crippen molar-refractivity contribution in [3.63, 3.8) is 0 Å². The smallest absolute Gasteiger partial charge is 0.134 e. The van der Waals surface area contributed by atoms with E-state index < -0.39 is 0 Å². The van der Waals surface area contributed by atoms with Crippen molar-refractivity contribution in [1.82, 2.24) is 4.98 Å². The van der Waals surface area contributed by atoms with Gasteiger partial charge in [0, 0.05) is 6.20 Å². The van der Waals surface area contributed by atoms with Gasteiger partial charge in [0.2, 0.25) is 0 Å². The standard InChI is InChI=1S/C9H11NOS/c11-9-5-8(6-10-7-9)3-1-2-4-12/h1,3,5-7,11-12H,2,4H2. The summed E-state index contributed by atoms with van der Waals surface area (Å²) in [5.41, 5.74) is 0.914. The summed E-state index contributed by atoms with van der Waals surface area (Å²) in [6.07, 6.45) is 7.97. The van der Waals surface area contributed by atoms with Gasteiger partial charge < -0.3 is 5.11 Å². The molecule has 0 fully saturated rings. The Morgan fingerprint density at radius 3 is 3.00 bits per heavy atom. The Balaban J connectivity index is 2.63. The number of nitrogens with zero attached hydrogens (tertiary/aromatic N) is 1. The number of hydrogen-bond donors (Lipinski definition) is 2. The maximum Gasteiger partial charge on any atom is 0.134 e. The molecule has 0 unspecified atom stereocenters. The van der Waals surface area contributed by atoms with E-state index in [1.54, 1.807) is 12.3 Å². The highest BCUT2D eigenvalue weighted by Gasteiger charge is 1.88. The molecule has 1 rings (SSSR count). The van der Waals surface area contributed by atoms with Crippen molar-refractivity contribution in [2.75, 3.05) is 5.75 Å². The molecule has 0 atom stereocenters. The predicted octanol–water partition coefficient (Wildman–Crippen LogP) is 2.12. The average molecular weight is 181 g/mol. The second-order valence-corrected chi connectivity index (χ2v) is 2.84. The van der Waals surface area contributed by atoms with Gasteiger partial charge in [-0.1, -0.05) is 12.2 Å². The number of pyridine rings is 1. The fraction of sp³-hybridized carbons (Fsp3) is 0.222. The van der Waals surface area contributed by atoms with E-state index in [9.17, 15) is 0 Å². The Kier molecular flexibility index (Phi) is 3.67. The second-order valence-electron chi connectivity index (χ2n) is 2.39. The van der Waals surface area contributed by atoms with Crippen LogP contribution in [0.1, 0.15) is 12.0 Å². The van der Waals surface area contributed by atoms with E-state index >= 15 is 0 Å². The molecule has 3 heteroatoms. The molecule has 0 spiro atoms. The molecule has 0 bridgehead atoms. The van der Waals surface area contributed by atoms with Crippen molar-refractivity contribution in [2.24, 2.45) is 0 Å². The van der Waals surface area contributed by atoms with Gasteiger partial charge in [-0.3, -0.25) is 4.98 Å². The fourth-order valence-corrected chi connectivity index (χ4v) is 0.979. The van der Waals surface area contributed by atoms with Crippen LogP contribution in [0, 0.1) is 0 Å². The maximum atomic E-state index is 9.06. The van der Waals surface area contributed by atoms with Crippen LogP contribution in [0.25, 0.3) is 6.08 Å². The minimum atomic E-state index is 0.197. The first-order chi connectivity index (χ1) is 5.83. The van der Waals surface area contributed by atoms with Gasteiger partial charge in [-0.05, 0) is 23.8 Å². The van der Waals surface area contributed by atoms with Crippen LogP contribution in [-0.4, -0.2) is 15.8 Å². The van der Waals surface area contributed by atoms with Crippen LogP contribution in [0.5, 0.6) is 5.75 Å². The Hall–Kier alpha value is -0.960. The van der Waals surface area contributed by atoms with E-state index in [4.69, 9.17) is 5.11 Å². The van der Waals surface area contributed by atoms with E-state index in [1.165, 1.54) is 6.20 Å². The van der Waals surface area contributed by atoms with Gasteiger partial charge in [0.15, 0.2) is 0 Å². The molecule has 0 aliphatic carbocycles. The Morgan fingerprint density at radius 2 is 2.33 bits per heavy atom. The van der Waals surface area contributed by atoms with Crippen LogP contribution in [0.2, 0.25) is 0 Å². The zero-order chi connectivity index (χ0) is 8.81. The maximum absolute atomic E-state index is 9.06. The number of allylic oxidation sites excluding steroid dienone is 1. The molecule has 0 aliphatic heterocycles. The molecule has 0 radical (unpaired) electrons. The first-order valence-electron chi connectivity index (χ1n) is 3.74. The highest BCUT2D eigenvalue weighted by atomic mass is 32.1. The molecule has 1 aromatic rings. The van der Waals surface area contributed by atoms with Crippen molar-refractivity contribution in [3.8, 4) is 5.75 Å². The minimum Gasteiger partial charge on any atom is -0.506 e. The summed E-state index contributed by atoms with van der Waals surface area (Å²) in [6.45, 7) is 0. The van der Waals surface area contributed by atoms with Crippen LogP contribution >= 0.6 is 12.6 Å². The van der Waals surface area contributed by atoms with Gasteiger partial charge >= 0.3 is 0 Å². The van der Waals surface area contributed by atoms with Crippen molar-refractivity contribution in [1.29, 1.82) is 0 Å². The molecule has 0 saturated carbocycles. The number of rotatable bonds is 3. The third kappa shape index (κ3) is 2.96. The molecule has 1 N–H and O–H groups in total. The monoisotopic (exact) mass is 181 g/mol. The lowest BCUT2D eigenvalue weighted by Gasteiger charge is -1.92. The molecular formula is C9H11NOS. The number of thiol groups is 1. The summed E-state index contributed by atoms with van der Waals surface area (Å²) >= 11 is 4.07. The summed E-state index contributed by atoms with van der Waals surface area (Å²) in [5, 5.41) is 9.06. The van der Waals surface area contributed by atoms with E-state index in [-0.39, 0.29) is 5.75 Å². The Bertz CT molecular complexity index is 273. The fourth-order valence-electron chi connectivity index (χ4n) is 0.830. The lowest BCUT2D eigenvalue weighted by atomic mass is 10.2. The van der Waals surface area contributed by atoms with Gasteiger partial charge in [-0.2, -0.15) is 12.6 Å². The second kappa shape index (κ2) is 4.83. The summed E-state index contributed by atoms with van der Waals surface area (Å²) in [7, 11) is 0. The SMILES string of the molecule is Oc1cncc(C=CCCS)c1. The van der Waals surface area contributed by atoms with Gasteiger partial charge in [-0.25, -0.2) is 0 Å². The van der Waals surface area contributed by atoms with Crippen molar-refractivity contribution in [3.05, 3.63) is 30.1 Å². The number of hydrogen-bond acceptors (Lipinski definition) is 3. The molecule has 0 amide bonds. The van der Waals surface area contributed by atoms with Crippen LogP contribution in [0.3, 0.4) is 0 Å². The first-order valence-corrected chi connectivity index (χ1v) is 4.37. The first kappa shape index (κ1) is 9.13. The summed E-state index contributed by atoms with van der Waals surface area (Å²) in [5.74, 6) is 1.03. The lowest BCUT2D eigenvalue weighted by Crippen LogP contribution is -1.75.